The van der Waals surface area contributed by atoms with Gasteiger partial charge in [0, 0.05) is 35.6 Å². The van der Waals surface area contributed by atoms with E-state index >= 15 is 0 Å². The van der Waals surface area contributed by atoms with Crippen LogP contribution >= 0.6 is 0 Å². The van der Waals surface area contributed by atoms with Gasteiger partial charge in [-0.15, -0.1) is 0 Å². The molecule has 118 valence electrons. The summed E-state index contributed by atoms with van der Waals surface area (Å²) in [5.74, 6) is -0.0641. The summed E-state index contributed by atoms with van der Waals surface area (Å²) >= 11 is 0. The zero-order chi connectivity index (χ0) is 16.0. The third-order valence-corrected chi connectivity index (χ3v) is 4.63. The summed E-state index contributed by atoms with van der Waals surface area (Å²) in [4.78, 5) is 22.3. The first-order valence-electron chi connectivity index (χ1n) is 7.98. The lowest BCUT2D eigenvalue weighted by Crippen LogP contribution is -2.40. The van der Waals surface area contributed by atoms with Gasteiger partial charge in [0.1, 0.15) is 0 Å². The summed E-state index contributed by atoms with van der Waals surface area (Å²) < 4.78 is 0. The van der Waals surface area contributed by atoms with Crippen LogP contribution in [0, 0.1) is 6.92 Å². The lowest BCUT2D eigenvalue weighted by molar-refractivity contribution is 0.0543. The number of aromatic nitrogens is 2. The average Bonchev–Trinajstić information content (AvgIpc) is 2.93. The van der Waals surface area contributed by atoms with Crippen LogP contribution in [0.1, 0.15) is 28.9 Å². The van der Waals surface area contributed by atoms with Gasteiger partial charge in [0.05, 0.1) is 11.6 Å². The molecule has 1 aromatic carbocycles. The van der Waals surface area contributed by atoms with E-state index in [0.29, 0.717) is 31.6 Å². The molecule has 1 aliphatic heterocycles. The number of fused-ring (bicyclic) bond motifs is 3. The topological polar surface area (TPSA) is 69.2 Å². The van der Waals surface area contributed by atoms with Crippen molar-refractivity contribution in [2.24, 2.45) is 0 Å². The number of nitrogens with zero attached hydrogens (tertiary/aromatic N) is 2. The summed E-state index contributed by atoms with van der Waals surface area (Å²) in [5.41, 5.74) is 3.46. The van der Waals surface area contributed by atoms with E-state index in [1.807, 2.05) is 12.1 Å². The van der Waals surface area contributed by atoms with Crippen LogP contribution in [-0.4, -0.2) is 45.1 Å². The van der Waals surface area contributed by atoms with Crippen LogP contribution < -0.4 is 0 Å². The molecule has 0 atom stereocenters. The number of piperidine rings is 1. The van der Waals surface area contributed by atoms with Crippen LogP contribution in [0.25, 0.3) is 21.8 Å². The van der Waals surface area contributed by atoms with Gasteiger partial charge in [-0.25, -0.2) is 4.98 Å². The minimum atomic E-state index is -0.293. The third kappa shape index (κ3) is 2.37. The first kappa shape index (κ1) is 14.2. The van der Waals surface area contributed by atoms with Crippen LogP contribution in [0.4, 0.5) is 0 Å². The molecular weight excluding hydrogens is 290 g/mol. The molecule has 1 aliphatic rings. The van der Waals surface area contributed by atoms with Crippen molar-refractivity contribution in [3.63, 3.8) is 0 Å². The molecule has 23 heavy (non-hydrogen) atoms. The Bertz CT molecular complexity index is 892. The summed E-state index contributed by atoms with van der Waals surface area (Å²) in [6, 6.07) is 8.17. The standard InChI is InChI=1S/C18H19N3O2/c1-11-2-3-15-14(10-11)13-4-7-19-17(16(13)20-15)18(23)21-8-5-12(22)6-9-21/h2-4,7,10,12,20,22H,5-6,8-9H2,1H3. The highest BCUT2D eigenvalue weighted by molar-refractivity contribution is 6.13. The molecule has 0 saturated carbocycles. The van der Waals surface area contributed by atoms with E-state index in [1.165, 1.54) is 5.56 Å². The van der Waals surface area contributed by atoms with Crippen LogP contribution in [0.2, 0.25) is 0 Å². The molecule has 3 heterocycles. The van der Waals surface area contributed by atoms with Gasteiger partial charge in [-0.05, 0) is 38.0 Å². The highest BCUT2D eigenvalue weighted by Crippen LogP contribution is 2.28. The van der Waals surface area contributed by atoms with Crippen LogP contribution in [0.15, 0.2) is 30.5 Å². The Balaban J connectivity index is 1.81. The Morgan fingerprint density at radius 1 is 1.26 bits per heavy atom. The van der Waals surface area contributed by atoms with Gasteiger partial charge in [-0.1, -0.05) is 11.6 Å². The number of hydrogen-bond acceptors (Lipinski definition) is 3. The smallest absolute Gasteiger partial charge is 0.274 e. The molecule has 2 aromatic heterocycles. The van der Waals surface area contributed by atoms with Crippen molar-refractivity contribution in [3.05, 3.63) is 41.7 Å². The van der Waals surface area contributed by atoms with Crippen LogP contribution in [0.3, 0.4) is 0 Å². The lowest BCUT2D eigenvalue weighted by atomic mass is 10.1. The molecule has 1 saturated heterocycles. The Labute approximate surface area is 133 Å². The quantitative estimate of drug-likeness (QED) is 0.726. The predicted octanol–water partition coefficient (Wildman–Crippen LogP) is 2.62. The minimum Gasteiger partial charge on any atom is -0.393 e. The van der Waals surface area contributed by atoms with Gasteiger partial charge in [-0.2, -0.15) is 0 Å². The van der Waals surface area contributed by atoms with Gasteiger partial charge in [0.2, 0.25) is 0 Å². The molecular formula is C18H19N3O2. The maximum absolute atomic E-state index is 12.8. The Morgan fingerprint density at radius 2 is 2.04 bits per heavy atom. The molecule has 0 radical (unpaired) electrons. The van der Waals surface area contributed by atoms with Crippen molar-refractivity contribution in [2.45, 2.75) is 25.9 Å². The van der Waals surface area contributed by atoms with Crippen molar-refractivity contribution in [1.29, 1.82) is 0 Å². The van der Waals surface area contributed by atoms with Crippen molar-refractivity contribution >= 4 is 27.7 Å². The summed E-state index contributed by atoms with van der Waals surface area (Å²) in [6.45, 7) is 3.22. The number of carbonyl (C=O) groups is 1. The van der Waals surface area contributed by atoms with Crippen molar-refractivity contribution < 1.29 is 9.90 Å². The van der Waals surface area contributed by atoms with Gasteiger partial charge in [0.15, 0.2) is 5.69 Å². The number of aliphatic hydroxyl groups excluding tert-OH is 1. The second-order valence-electron chi connectivity index (χ2n) is 6.28. The van der Waals surface area contributed by atoms with E-state index in [2.05, 4.69) is 29.0 Å². The molecule has 5 nitrogen and oxygen atoms in total. The molecule has 2 N–H and O–H groups in total. The number of likely N-dealkylation sites (tertiary alicyclic amines) is 1. The summed E-state index contributed by atoms with van der Waals surface area (Å²) in [6.07, 6.45) is 2.67. The van der Waals surface area contributed by atoms with Gasteiger partial charge in [0.25, 0.3) is 5.91 Å². The van der Waals surface area contributed by atoms with Crippen LogP contribution in [0.5, 0.6) is 0 Å². The number of benzene rings is 1. The van der Waals surface area contributed by atoms with E-state index < -0.39 is 0 Å². The summed E-state index contributed by atoms with van der Waals surface area (Å²) in [7, 11) is 0. The molecule has 0 unspecified atom stereocenters. The molecule has 1 fully saturated rings. The first-order chi connectivity index (χ1) is 11.1. The number of pyridine rings is 1. The average molecular weight is 309 g/mol. The van der Waals surface area contributed by atoms with Crippen LogP contribution in [-0.2, 0) is 0 Å². The highest BCUT2D eigenvalue weighted by Gasteiger charge is 2.25. The number of rotatable bonds is 1. The highest BCUT2D eigenvalue weighted by atomic mass is 16.3. The van der Waals surface area contributed by atoms with Crippen molar-refractivity contribution in [3.8, 4) is 0 Å². The summed E-state index contributed by atoms with van der Waals surface area (Å²) in [5, 5.41) is 11.8. The number of carbonyl (C=O) groups excluding carboxylic acids is 1. The number of amides is 1. The normalized spacial score (nSPS) is 16.3. The number of aryl methyl sites for hydroxylation is 1. The fourth-order valence-corrected chi connectivity index (χ4v) is 3.32. The molecule has 0 spiro atoms. The molecule has 0 bridgehead atoms. The van der Waals surface area contributed by atoms with Gasteiger partial charge >= 0.3 is 0 Å². The fourth-order valence-electron chi connectivity index (χ4n) is 3.32. The second-order valence-corrected chi connectivity index (χ2v) is 6.28. The maximum atomic E-state index is 12.8. The fraction of sp³-hybridized carbons (Fsp3) is 0.333. The van der Waals surface area contributed by atoms with E-state index in [-0.39, 0.29) is 12.0 Å². The molecule has 3 aromatic rings. The van der Waals surface area contributed by atoms with E-state index in [4.69, 9.17) is 0 Å². The Kier molecular flexibility index (Phi) is 3.31. The Morgan fingerprint density at radius 3 is 2.83 bits per heavy atom. The first-order valence-corrected chi connectivity index (χ1v) is 7.98. The molecule has 5 heteroatoms. The van der Waals surface area contributed by atoms with Gasteiger partial charge < -0.3 is 15.0 Å². The maximum Gasteiger partial charge on any atom is 0.274 e. The van der Waals surface area contributed by atoms with E-state index in [9.17, 15) is 9.90 Å². The second kappa shape index (κ2) is 5.35. The van der Waals surface area contributed by atoms with Crippen molar-refractivity contribution in [2.75, 3.05) is 13.1 Å². The SMILES string of the molecule is Cc1ccc2[nH]c3c(C(=O)N4CCC(O)CC4)nccc3c2c1. The number of hydrogen-bond donors (Lipinski definition) is 2. The number of nitrogens with one attached hydrogen (secondary N) is 1. The zero-order valence-corrected chi connectivity index (χ0v) is 13.0. The number of H-pyrrole nitrogens is 1. The van der Waals surface area contributed by atoms with E-state index in [0.717, 1.165) is 21.8 Å². The number of aliphatic hydroxyl groups is 1. The minimum absolute atomic E-state index is 0.0641. The zero-order valence-electron chi connectivity index (χ0n) is 13.0. The van der Waals surface area contributed by atoms with E-state index in [1.54, 1.807) is 11.1 Å². The third-order valence-electron chi connectivity index (χ3n) is 4.63. The molecule has 0 aliphatic carbocycles. The monoisotopic (exact) mass is 309 g/mol. The van der Waals surface area contributed by atoms with Gasteiger partial charge in [-0.3, -0.25) is 4.79 Å². The molecule has 1 amide bonds. The lowest BCUT2D eigenvalue weighted by Gasteiger charge is -2.29. The van der Waals surface area contributed by atoms with Crippen molar-refractivity contribution in [1.82, 2.24) is 14.9 Å². The number of aromatic amines is 1. The largest absolute Gasteiger partial charge is 0.393 e. The molecule has 4 rings (SSSR count). The Hall–Kier alpha value is -2.40. The predicted molar refractivity (Wildman–Crippen MR) is 89.5 cm³/mol.